The summed E-state index contributed by atoms with van der Waals surface area (Å²) in [5, 5.41) is 17.5. The first-order valence-electron chi connectivity index (χ1n) is 19.0. The summed E-state index contributed by atoms with van der Waals surface area (Å²) in [6.07, 6.45) is -5.96. The summed E-state index contributed by atoms with van der Waals surface area (Å²) in [4.78, 5) is 56.6. The van der Waals surface area contributed by atoms with Crippen molar-refractivity contribution < 1.29 is 45.9 Å². The normalized spacial score (nSPS) is 18.0. The fraction of sp³-hybridized carbons (Fsp3) is 0.366. The summed E-state index contributed by atoms with van der Waals surface area (Å²) in [7, 11) is 0. The van der Waals surface area contributed by atoms with Crippen LogP contribution in [0.25, 0.3) is 0 Å². The van der Waals surface area contributed by atoms with Gasteiger partial charge in [0, 0.05) is 65.5 Å². The van der Waals surface area contributed by atoms with Gasteiger partial charge in [0.05, 0.1) is 36.0 Å². The quantitative estimate of drug-likeness (QED) is 0.0961. The number of rotatable bonds is 13. The second kappa shape index (κ2) is 17.9. The van der Waals surface area contributed by atoms with Crippen LogP contribution in [-0.2, 0) is 31.8 Å². The number of anilines is 4. The zero-order valence-electron chi connectivity index (χ0n) is 33.0. The molecule has 0 radical (unpaired) electrons. The number of carbonyl (C=O) groups is 4. The van der Waals surface area contributed by atoms with E-state index in [1.165, 1.54) is 49.1 Å². The molecule has 0 bridgehead atoms. The average Bonchev–Trinajstić information content (AvgIpc) is 3.35. The number of nitrogens with zero attached hydrogens (tertiary/aromatic N) is 5. The van der Waals surface area contributed by atoms with E-state index < -0.39 is 53.5 Å². The highest BCUT2D eigenvalue weighted by Gasteiger charge is 2.51. The molecule has 1 unspecified atom stereocenters. The second-order valence-corrected chi connectivity index (χ2v) is 15.8. The molecule has 20 heteroatoms. The summed E-state index contributed by atoms with van der Waals surface area (Å²) < 4.78 is 75.1. The maximum absolute atomic E-state index is 13.9. The van der Waals surface area contributed by atoms with Crippen molar-refractivity contribution in [1.29, 1.82) is 5.26 Å². The van der Waals surface area contributed by atoms with Crippen LogP contribution in [0, 0.1) is 11.3 Å². The molecule has 4 amide bonds. The third kappa shape index (κ3) is 10.1. The SMILES string of the molecule is CC1=CN(CCOc2ccc(N3C(=S)N(c4ccc(C#N)c(C(F)(F)F)c4)C(=O)C3(C)C)cc2CC(F)F)CCN1CC(=O)Nc1cc(Cl)cc(NC2CCC(=O)NC2=O)c1. The van der Waals surface area contributed by atoms with Gasteiger partial charge in [-0.25, -0.2) is 8.78 Å². The van der Waals surface area contributed by atoms with Crippen molar-refractivity contribution >= 4 is 75.3 Å². The van der Waals surface area contributed by atoms with E-state index in [0.29, 0.717) is 48.5 Å². The number of alkyl halides is 5. The minimum atomic E-state index is -4.88. The van der Waals surface area contributed by atoms with E-state index in [2.05, 4.69) is 16.0 Å². The van der Waals surface area contributed by atoms with Crippen molar-refractivity contribution in [1.82, 2.24) is 15.1 Å². The van der Waals surface area contributed by atoms with Gasteiger partial charge >= 0.3 is 6.18 Å². The maximum atomic E-state index is 13.9. The number of halogens is 6. The molecule has 13 nitrogen and oxygen atoms in total. The van der Waals surface area contributed by atoms with Crippen LogP contribution in [0.15, 0.2) is 66.5 Å². The topological polar surface area (TPSA) is 150 Å². The molecule has 0 aliphatic carbocycles. The van der Waals surface area contributed by atoms with Crippen molar-refractivity contribution in [2.24, 2.45) is 0 Å². The highest BCUT2D eigenvalue weighted by atomic mass is 35.5. The Kier molecular flexibility index (Phi) is 13.1. The van der Waals surface area contributed by atoms with Gasteiger partial charge in [-0.05, 0) is 94.0 Å². The van der Waals surface area contributed by atoms with Gasteiger partial charge in [-0.3, -0.25) is 29.4 Å². The number of hydrogen-bond donors (Lipinski definition) is 3. The van der Waals surface area contributed by atoms with E-state index in [-0.39, 0.29) is 59.2 Å². The Morgan fingerprint density at radius 2 is 1.79 bits per heavy atom. The Morgan fingerprint density at radius 1 is 1.07 bits per heavy atom. The van der Waals surface area contributed by atoms with E-state index >= 15 is 0 Å². The van der Waals surface area contributed by atoms with Crippen LogP contribution in [0.4, 0.5) is 44.7 Å². The van der Waals surface area contributed by atoms with Crippen molar-refractivity contribution in [3.63, 3.8) is 0 Å². The van der Waals surface area contributed by atoms with Gasteiger partial charge in [0.2, 0.25) is 24.1 Å². The highest BCUT2D eigenvalue weighted by molar-refractivity contribution is 7.81. The van der Waals surface area contributed by atoms with E-state index in [0.717, 1.165) is 16.7 Å². The molecule has 2 saturated heterocycles. The van der Waals surface area contributed by atoms with Gasteiger partial charge in [-0.1, -0.05) is 11.6 Å². The fourth-order valence-electron chi connectivity index (χ4n) is 7.27. The Balaban J connectivity index is 1.07. The van der Waals surface area contributed by atoms with Gasteiger partial charge in [-0.2, -0.15) is 18.4 Å². The number of amides is 4. The number of allylic oxidation sites excluding steroid dienone is 1. The molecule has 0 saturated carbocycles. The maximum Gasteiger partial charge on any atom is 0.417 e. The van der Waals surface area contributed by atoms with E-state index in [1.54, 1.807) is 18.2 Å². The van der Waals surface area contributed by atoms with Crippen LogP contribution in [0.1, 0.15) is 50.3 Å². The number of imide groups is 1. The lowest BCUT2D eigenvalue weighted by molar-refractivity contribution is -0.138. The molecule has 3 N–H and O–H groups in total. The summed E-state index contributed by atoms with van der Waals surface area (Å²) in [5.74, 6) is -1.58. The third-order valence-corrected chi connectivity index (χ3v) is 10.9. The Labute approximate surface area is 358 Å². The predicted molar refractivity (Wildman–Crippen MR) is 221 cm³/mol. The predicted octanol–water partition coefficient (Wildman–Crippen LogP) is 6.67. The average molecular weight is 887 g/mol. The summed E-state index contributed by atoms with van der Waals surface area (Å²) >= 11 is 11.9. The first-order valence-corrected chi connectivity index (χ1v) is 19.8. The third-order valence-electron chi connectivity index (χ3n) is 10.3. The zero-order chi connectivity index (χ0) is 44.4. The van der Waals surface area contributed by atoms with Crippen LogP contribution in [0.5, 0.6) is 5.75 Å². The van der Waals surface area contributed by atoms with Gasteiger partial charge in [0.25, 0.3) is 5.91 Å². The molecule has 3 heterocycles. The minimum Gasteiger partial charge on any atom is -0.491 e. The Bertz CT molecular complexity index is 2340. The number of hydrogen-bond acceptors (Lipinski definition) is 10. The van der Waals surface area contributed by atoms with E-state index in [9.17, 15) is 46.4 Å². The lowest BCUT2D eigenvalue weighted by Gasteiger charge is -2.34. The Hall–Kier alpha value is -6.00. The van der Waals surface area contributed by atoms with Gasteiger partial charge in [0.15, 0.2) is 5.11 Å². The molecule has 3 aromatic carbocycles. The summed E-state index contributed by atoms with van der Waals surface area (Å²) in [6.45, 7) is 6.36. The summed E-state index contributed by atoms with van der Waals surface area (Å²) in [6, 6.07) is 13.0. The van der Waals surface area contributed by atoms with Crippen molar-refractivity contribution in [2.45, 2.75) is 64.2 Å². The highest BCUT2D eigenvalue weighted by Crippen LogP contribution is 2.41. The van der Waals surface area contributed by atoms with Crippen LogP contribution >= 0.6 is 23.8 Å². The zero-order valence-corrected chi connectivity index (χ0v) is 34.6. The largest absolute Gasteiger partial charge is 0.491 e. The molecule has 322 valence electrons. The molecule has 3 aromatic rings. The standard InChI is InChI=1S/C41H40ClF5N8O5S/c1-23-21-52(10-11-53(23)22-36(57)50-28-17-26(42)16-27(18-28)49-32-7-9-35(56)51-37(32)58)12-13-60-33-8-6-30(14-25(33)15-34(43)44)55-39(61)54(38(59)40(55,2)3)29-5-4-24(20-48)31(19-29)41(45,46)47/h4-6,8,14,16-19,21,32,34,49H,7,9-13,15,22H2,1-3H3,(H,50,57)(H,51,56,58). The number of nitrogens with one attached hydrogen (secondary N) is 3. The Morgan fingerprint density at radius 3 is 2.46 bits per heavy atom. The van der Waals surface area contributed by atoms with Crippen LogP contribution in [0.3, 0.4) is 0 Å². The molecule has 0 spiro atoms. The van der Waals surface area contributed by atoms with Crippen LogP contribution in [-0.4, -0.2) is 89.3 Å². The summed E-state index contributed by atoms with van der Waals surface area (Å²) in [5.41, 5.74) is -1.42. The lowest BCUT2D eigenvalue weighted by atomic mass is 10.0. The number of nitriles is 1. The fourth-order valence-corrected chi connectivity index (χ4v) is 8.03. The van der Waals surface area contributed by atoms with Crippen LogP contribution in [0.2, 0.25) is 5.02 Å². The molecule has 2 fully saturated rings. The van der Waals surface area contributed by atoms with Gasteiger partial charge in [0.1, 0.15) is 23.9 Å². The van der Waals surface area contributed by atoms with Crippen LogP contribution < -0.4 is 30.5 Å². The second-order valence-electron chi connectivity index (χ2n) is 15.0. The monoisotopic (exact) mass is 886 g/mol. The molecule has 6 rings (SSSR count). The molecule has 0 aromatic heterocycles. The molecule has 3 aliphatic rings. The van der Waals surface area contributed by atoms with Gasteiger partial charge in [-0.15, -0.1) is 0 Å². The number of piperidine rings is 1. The smallest absolute Gasteiger partial charge is 0.417 e. The molecule has 61 heavy (non-hydrogen) atoms. The molecular weight excluding hydrogens is 847 g/mol. The number of benzene rings is 3. The van der Waals surface area contributed by atoms with Crippen molar-refractivity contribution in [3.05, 3.63) is 88.2 Å². The van der Waals surface area contributed by atoms with Crippen molar-refractivity contribution in [3.8, 4) is 11.8 Å². The molecular formula is C41H40ClF5N8O5S. The first-order chi connectivity index (χ1) is 28.7. The molecule has 1 atom stereocenters. The van der Waals surface area contributed by atoms with E-state index in [1.807, 2.05) is 22.9 Å². The molecule has 3 aliphatic heterocycles. The number of ether oxygens (including phenoxy) is 1. The van der Waals surface area contributed by atoms with Crippen molar-refractivity contribution in [2.75, 3.05) is 53.2 Å². The number of thiocarbonyl (C=S) groups is 1. The first kappa shape index (κ1) is 44.5. The van der Waals surface area contributed by atoms with E-state index in [4.69, 9.17) is 28.6 Å². The number of carbonyl (C=O) groups excluding carboxylic acids is 4. The lowest BCUT2D eigenvalue weighted by Crippen LogP contribution is -2.47. The minimum absolute atomic E-state index is 0.0289. The van der Waals surface area contributed by atoms with Gasteiger partial charge < -0.3 is 30.1 Å².